The molecule has 0 amide bonds. The van der Waals surface area contributed by atoms with E-state index in [2.05, 4.69) is 4.98 Å². The van der Waals surface area contributed by atoms with E-state index < -0.39 is 15.6 Å². The molecule has 1 atom stereocenters. The Bertz CT molecular complexity index is 1080. The smallest absolute Gasteiger partial charge is 0.292 e. The van der Waals surface area contributed by atoms with Gasteiger partial charge in [0, 0.05) is 18.6 Å². The lowest BCUT2D eigenvalue weighted by Gasteiger charge is -2.13. The number of aromatic nitrogens is 1. The van der Waals surface area contributed by atoms with E-state index in [0.717, 1.165) is 28.3 Å². The molecule has 0 saturated carbocycles. The van der Waals surface area contributed by atoms with Crippen LogP contribution in [0.2, 0.25) is 0 Å². The topological polar surface area (TPSA) is 98.9 Å². The van der Waals surface area contributed by atoms with Gasteiger partial charge in [-0.2, -0.15) is 8.42 Å². The molecule has 0 saturated heterocycles. The van der Waals surface area contributed by atoms with Gasteiger partial charge < -0.3 is 13.9 Å². The van der Waals surface area contributed by atoms with E-state index in [4.69, 9.17) is 13.9 Å². The molecule has 0 radical (unpaired) electrons. The normalized spacial score (nSPS) is 12.6. The van der Waals surface area contributed by atoms with Gasteiger partial charge in [0.25, 0.3) is 10.1 Å². The van der Waals surface area contributed by atoms with Crippen LogP contribution >= 0.6 is 0 Å². The molecule has 2 aromatic carbocycles. The molecule has 0 bridgehead atoms. The monoisotopic (exact) mass is 459 g/mol. The number of hydrogen-bond donors (Lipinski definition) is 1. The van der Waals surface area contributed by atoms with E-state index in [1.54, 1.807) is 6.92 Å². The van der Waals surface area contributed by atoms with Crippen molar-refractivity contribution >= 4 is 10.1 Å². The van der Waals surface area contributed by atoms with E-state index in [9.17, 15) is 13.0 Å². The van der Waals surface area contributed by atoms with Gasteiger partial charge in [0.2, 0.25) is 5.89 Å². The highest BCUT2D eigenvalue weighted by molar-refractivity contribution is 7.86. The summed E-state index contributed by atoms with van der Waals surface area (Å²) >= 11 is 0. The molecule has 0 spiro atoms. The highest BCUT2D eigenvalue weighted by atomic mass is 32.2. The van der Waals surface area contributed by atoms with Gasteiger partial charge in [0.05, 0.1) is 12.3 Å². The maximum Gasteiger partial charge on any atom is 0.292 e. The lowest BCUT2D eigenvalue weighted by molar-refractivity contribution is 0.103. The summed E-state index contributed by atoms with van der Waals surface area (Å²) in [6.07, 6.45) is 2.14. The first kappa shape index (κ1) is 24.0. The standard InChI is InChI=1S/C24H29NO6S/c1-3-29-23(32(26,27)28)11-7-8-19-12-14-21(15-13-19)30-17-16-22-18(2)31-24(25-22)20-9-5-4-6-10-20/h4-6,9-10,12-15,23H,3,7-8,11,16-17H2,1-2H3,(H,26,27,28). The molecule has 3 aromatic rings. The number of aryl methyl sites for hydroxylation is 2. The molecule has 32 heavy (non-hydrogen) atoms. The zero-order chi connectivity index (χ0) is 23.0. The number of ether oxygens (including phenoxy) is 2. The van der Waals surface area contributed by atoms with Crippen LogP contribution in [0.3, 0.4) is 0 Å². The SMILES string of the molecule is CCOC(CCCc1ccc(OCCc2nc(-c3ccccc3)oc2C)cc1)S(=O)(=O)O. The summed E-state index contributed by atoms with van der Waals surface area (Å²) in [5.41, 5.74) is 1.71. The third kappa shape index (κ3) is 6.91. The van der Waals surface area contributed by atoms with Crippen LogP contribution in [-0.2, 0) is 27.7 Å². The Morgan fingerprint density at radius 3 is 2.44 bits per heavy atom. The van der Waals surface area contributed by atoms with E-state index in [1.165, 1.54) is 0 Å². The largest absolute Gasteiger partial charge is 0.493 e. The minimum absolute atomic E-state index is 0.234. The zero-order valence-electron chi connectivity index (χ0n) is 18.4. The molecule has 1 N–H and O–H groups in total. The van der Waals surface area contributed by atoms with Crippen LogP contribution in [-0.4, -0.2) is 36.6 Å². The second-order valence-corrected chi connectivity index (χ2v) is 8.98. The molecular weight excluding hydrogens is 430 g/mol. The first-order valence-corrected chi connectivity index (χ1v) is 12.2. The predicted octanol–water partition coefficient (Wildman–Crippen LogP) is 4.84. The Kier molecular flexibility index (Phi) is 8.44. The highest BCUT2D eigenvalue weighted by Gasteiger charge is 2.22. The van der Waals surface area contributed by atoms with E-state index in [-0.39, 0.29) is 13.0 Å². The first-order chi connectivity index (χ1) is 15.4. The number of rotatable bonds is 12. The van der Waals surface area contributed by atoms with Crippen molar-refractivity contribution in [2.75, 3.05) is 13.2 Å². The Morgan fingerprint density at radius 2 is 1.78 bits per heavy atom. The summed E-state index contributed by atoms with van der Waals surface area (Å²) in [6, 6.07) is 17.5. The van der Waals surface area contributed by atoms with E-state index >= 15 is 0 Å². The second kappa shape index (κ2) is 11.3. The van der Waals surface area contributed by atoms with Crippen molar-refractivity contribution in [1.82, 2.24) is 4.98 Å². The van der Waals surface area contributed by atoms with Crippen molar-refractivity contribution in [1.29, 1.82) is 0 Å². The molecule has 172 valence electrons. The van der Waals surface area contributed by atoms with Gasteiger partial charge in [-0.25, -0.2) is 4.98 Å². The lowest BCUT2D eigenvalue weighted by Crippen LogP contribution is -2.24. The maximum absolute atomic E-state index is 11.3. The van der Waals surface area contributed by atoms with Gasteiger partial charge in [-0.3, -0.25) is 4.55 Å². The Morgan fingerprint density at radius 1 is 1.06 bits per heavy atom. The average Bonchev–Trinajstić information content (AvgIpc) is 3.15. The summed E-state index contributed by atoms with van der Waals surface area (Å²) in [6.45, 7) is 4.31. The minimum atomic E-state index is -4.19. The van der Waals surface area contributed by atoms with Crippen molar-refractivity contribution in [2.24, 2.45) is 0 Å². The molecule has 1 heterocycles. The second-order valence-electron chi connectivity index (χ2n) is 7.42. The fourth-order valence-electron chi connectivity index (χ4n) is 3.36. The summed E-state index contributed by atoms with van der Waals surface area (Å²) in [5, 5.41) is 0. The van der Waals surface area contributed by atoms with Crippen LogP contribution in [0.1, 0.15) is 36.8 Å². The molecule has 0 fully saturated rings. The van der Waals surface area contributed by atoms with Crippen LogP contribution in [0.15, 0.2) is 59.0 Å². The highest BCUT2D eigenvalue weighted by Crippen LogP contribution is 2.22. The van der Waals surface area contributed by atoms with Gasteiger partial charge in [-0.05, 0) is 62.9 Å². The summed E-state index contributed by atoms with van der Waals surface area (Å²) in [4.78, 5) is 4.59. The first-order valence-electron chi connectivity index (χ1n) is 10.7. The molecule has 7 nitrogen and oxygen atoms in total. The van der Waals surface area contributed by atoms with Crippen LogP contribution < -0.4 is 4.74 Å². The predicted molar refractivity (Wildman–Crippen MR) is 122 cm³/mol. The van der Waals surface area contributed by atoms with Crippen molar-refractivity contribution in [3.05, 3.63) is 71.6 Å². The third-order valence-electron chi connectivity index (χ3n) is 5.03. The van der Waals surface area contributed by atoms with Crippen LogP contribution in [0.4, 0.5) is 0 Å². The molecular formula is C24H29NO6S. The molecule has 8 heteroatoms. The minimum Gasteiger partial charge on any atom is -0.493 e. The number of nitrogens with zero attached hydrogens (tertiary/aromatic N) is 1. The third-order valence-corrected chi connectivity index (χ3v) is 6.07. The number of hydrogen-bond acceptors (Lipinski definition) is 6. The van der Waals surface area contributed by atoms with E-state index in [0.29, 0.717) is 31.8 Å². The van der Waals surface area contributed by atoms with Crippen LogP contribution in [0.5, 0.6) is 5.75 Å². The zero-order valence-corrected chi connectivity index (χ0v) is 19.2. The summed E-state index contributed by atoms with van der Waals surface area (Å²) < 4.78 is 48.6. The van der Waals surface area contributed by atoms with Crippen molar-refractivity contribution in [3.63, 3.8) is 0 Å². The van der Waals surface area contributed by atoms with Gasteiger partial charge in [0.1, 0.15) is 11.5 Å². The van der Waals surface area contributed by atoms with Crippen molar-refractivity contribution < 1.29 is 26.9 Å². The molecule has 0 aliphatic rings. The summed E-state index contributed by atoms with van der Waals surface area (Å²) in [7, 11) is -4.19. The van der Waals surface area contributed by atoms with Crippen LogP contribution in [0.25, 0.3) is 11.5 Å². The van der Waals surface area contributed by atoms with Crippen LogP contribution in [0, 0.1) is 6.92 Å². The van der Waals surface area contributed by atoms with Crippen molar-refractivity contribution in [3.8, 4) is 17.2 Å². The lowest BCUT2D eigenvalue weighted by atomic mass is 10.1. The molecule has 1 aromatic heterocycles. The molecule has 3 rings (SSSR count). The Hall–Kier alpha value is -2.68. The molecule has 0 aliphatic heterocycles. The summed E-state index contributed by atoms with van der Waals surface area (Å²) in [5.74, 6) is 2.16. The van der Waals surface area contributed by atoms with Gasteiger partial charge >= 0.3 is 0 Å². The van der Waals surface area contributed by atoms with Gasteiger partial charge in [-0.1, -0.05) is 30.3 Å². The van der Waals surface area contributed by atoms with Crippen molar-refractivity contribution in [2.45, 2.75) is 45.0 Å². The van der Waals surface area contributed by atoms with Gasteiger partial charge in [-0.15, -0.1) is 0 Å². The number of oxazole rings is 1. The fraction of sp³-hybridized carbons (Fsp3) is 0.375. The maximum atomic E-state index is 11.3. The average molecular weight is 460 g/mol. The quantitative estimate of drug-likeness (QED) is 0.387. The Balaban J connectivity index is 1.46. The van der Waals surface area contributed by atoms with E-state index in [1.807, 2.05) is 61.5 Å². The number of benzene rings is 2. The fourth-order valence-corrected chi connectivity index (χ4v) is 4.13. The van der Waals surface area contributed by atoms with Gasteiger partial charge in [0.15, 0.2) is 5.44 Å². The Labute approximate surface area is 189 Å². The molecule has 0 aliphatic carbocycles. The molecule has 1 unspecified atom stereocenters.